The second-order valence-corrected chi connectivity index (χ2v) is 4.81. The fourth-order valence-corrected chi connectivity index (χ4v) is 2.75. The normalized spacial score (nSPS) is 19.4. The molecule has 1 unspecified atom stereocenters. The van der Waals surface area contributed by atoms with Gasteiger partial charge < -0.3 is 15.3 Å². The number of carbonyl (C=O) groups excluding carboxylic acids is 1. The fourth-order valence-electron chi connectivity index (χ4n) is 2.75. The molecule has 1 saturated heterocycles. The lowest BCUT2D eigenvalue weighted by Gasteiger charge is -2.38. The van der Waals surface area contributed by atoms with Crippen molar-refractivity contribution < 1.29 is 9.90 Å². The Morgan fingerprint density at radius 3 is 2.47 bits per heavy atom. The number of amides is 1. The van der Waals surface area contributed by atoms with E-state index in [1.807, 2.05) is 0 Å². The van der Waals surface area contributed by atoms with Crippen LogP contribution in [0.5, 0.6) is 0 Å². The van der Waals surface area contributed by atoms with Gasteiger partial charge in [-0.2, -0.15) is 0 Å². The first-order valence-corrected chi connectivity index (χ1v) is 6.98. The average molecular weight is 262 g/mol. The summed E-state index contributed by atoms with van der Waals surface area (Å²) in [5.41, 5.74) is 3.63. The molecular formula is C15H22N2O2. The summed E-state index contributed by atoms with van der Waals surface area (Å²) in [5.74, 6) is -0.0818. The van der Waals surface area contributed by atoms with Crippen LogP contribution in [0.2, 0.25) is 0 Å². The van der Waals surface area contributed by atoms with E-state index < -0.39 is 6.04 Å². The van der Waals surface area contributed by atoms with E-state index in [9.17, 15) is 9.90 Å². The molecule has 0 aromatic heterocycles. The summed E-state index contributed by atoms with van der Waals surface area (Å²) in [6.45, 7) is 5.48. The lowest BCUT2D eigenvalue weighted by atomic mass is 9.99. The molecular weight excluding hydrogens is 240 g/mol. The van der Waals surface area contributed by atoms with Crippen LogP contribution in [-0.4, -0.2) is 36.8 Å². The molecule has 0 spiro atoms. The molecule has 2 N–H and O–H groups in total. The maximum atomic E-state index is 11.9. The first-order chi connectivity index (χ1) is 9.22. The zero-order valence-electron chi connectivity index (χ0n) is 11.6. The quantitative estimate of drug-likeness (QED) is 0.854. The molecule has 0 aliphatic carbocycles. The largest absolute Gasteiger partial charge is 0.394 e. The summed E-state index contributed by atoms with van der Waals surface area (Å²) in [5, 5.41) is 12.3. The Morgan fingerprint density at radius 1 is 1.32 bits per heavy atom. The number of hydrogen-bond acceptors (Lipinski definition) is 3. The van der Waals surface area contributed by atoms with E-state index in [2.05, 4.69) is 42.3 Å². The van der Waals surface area contributed by atoms with Crippen molar-refractivity contribution in [1.29, 1.82) is 0 Å². The van der Waals surface area contributed by atoms with Gasteiger partial charge in [-0.25, -0.2) is 0 Å². The molecule has 1 fully saturated rings. The molecule has 1 aliphatic heterocycles. The third-order valence-electron chi connectivity index (χ3n) is 3.76. The summed E-state index contributed by atoms with van der Waals surface area (Å²) in [6, 6.07) is 5.82. The molecule has 1 atom stereocenters. The number of aliphatic hydroxyl groups excluding tert-OH is 1. The Kier molecular flexibility index (Phi) is 4.43. The number of piperazine rings is 1. The lowest BCUT2D eigenvalue weighted by Crippen LogP contribution is -2.57. The third kappa shape index (κ3) is 2.59. The van der Waals surface area contributed by atoms with Gasteiger partial charge in [0.2, 0.25) is 5.91 Å². The Morgan fingerprint density at radius 2 is 1.95 bits per heavy atom. The summed E-state index contributed by atoms with van der Waals surface area (Å²) in [4.78, 5) is 14.0. The predicted octanol–water partition coefficient (Wildman–Crippen LogP) is 1.11. The van der Waals surface area contributed by atoms with Crippen LogP contribution in [0.15, 0.2) is 18.2 Å². The number of nitrogens with one attached hydrogen (secondary N) is 1. The lowest BCUT2D eigenvalue weighted by molar-refractivity contribution is -0.124. The number of benzene rings is 1. The van der Waals surface area contributed by atoms with Crippen LogP contribution < -0.4 is 10.2 Å². The van der Waals surface area contributed by atoms with Crippen molar-refractivity contribution >= 4 is 11.6 Å². The minimum absolute atomic E-state index is 0.0818. The van der Waals surface area contributed by atoms with E-state index in [0.29, 0.717) is 6.54 Å². The van der Waals surface area contributed by atoms with Crippen LogP contribution in [0.3, 0.4) is 0 Å². The van der Waals surface area contributed by atoms with Gasteiger partial charge in [0.1, 0.15) is 6.04 Å². The third-order valence-corrected chi connectivity index (χ3v) is 3.76. The summed E-state index contributed by atoms with van der Waals surface area (Å²) in [6.07, 6.45) is 1.86. The Hall–Kier alpha value is -1.55. The zero-order valence-corrected chi connectivity index (χ0v) is 11.6. The van der Waals surface area contributed by atoms with E-state index in [-0.39, 0.29) is 12.5 Å². The Bertz CT molecular complexity index is 437. The molecule has 0 bridgehead atoms. The highest BCUT2D eigenvalue weighted by Crippen LogP contribution is 2.29. The van der Waals surface area contributed by atoms with Gasteiger partial charge in [-0.1, -0.05) is 32.0 Å². The molecule has 1 aromatic carbocycles. The molecule has 2 rings (SSSR count). The monoisotopic (exact) mass is 262 g/mol. The van der Waals surface area contributed by atoms with Crippen molar-refractivity contribution in [3.63, 3.8) is 0 Å². The number of anilines is 1. The van der Waals surface area contributed by atoms with Gasteiger partial charge in [-0.3, -0.25) is 4.79 Å². The number of aryl methyl sites for hydroxylation is 2. The van der Waals surface area contributed by atoms with Crippen molar-refractivity contribution in [3.05, 3.63) is 29.3 Å². The van der Waals surface area contributed by atoms with Crippen LogP contribution in [0.4, 0.5) is 5.69 Å². The second kappa shape index (κ2) is 6.06. The fraction of sp³-hybridized carbons (Fsp3) is 0.533. The maximum absolute atomic E-state index is 11.9. The smallest absolute Gasteiger partial charge is 0.245 e. The van der Waals surface area contributed by atoms with Crippen LogP contribution in [0.1, 0.15) is 25.0 Å². The van der Waals surface area contributed by atoms with Gasteiger partial charge >= 0.3 is 0 Å². The average Bonchev–Trinajstić information content (AvgIpc) is 2.46. The van der Waals surface area contributed by atoms with Crippen molar-refractivity contribution in [2.75, 3.05) is 24.6 Å². The highest BCUT2D eigenvalue weighted by Gasteiger charge is 2.31. The summed E-state index contributed by atoms with van der Waals surface area (Å²) >= 11 is 0. The molecule has 1 amide bonds. The number of aliphatic hydroxyl groups is 1. The summed E-state index contributed by atoms with van der Waals surface area (Å²) < 4.78 is 0. The minimum atomic E-state index is -0.466. The number of hydrogen-bond donors (Lipinski definition) is 2. The first-order valence-electron chi connectivity index (χ1n) is 6.98. The van der Waals surface area contributed by atoms with Gasteiger partial charge in [0.05, 0.1) is 6.61 Å². The van der Waals surface area contributed by atoms with Gasteiger partial charge in [0, 0.05) is 18.8 Å². The number of para-hydroxylation sites is 1. The molecule has 19 heavy (non-hydrogen) atoms. The number of nitrogens with zero attached hydrogens (tertiary/aromatic N) is 1. The van der Waals surface area contributed by atoms with E-state index in [0.717, 1.165) is 25.1 Å². The Balaban J connectivity index is 2.46. The van der Waals surface area contributed by atoms with E-state index in [1.165, 1.54) is 11.1 Å². The number of carbonyl (C=O) groups is 1. The van der Waals surface area contributed by atoms with Crippen molar-refractivity contribution in [3.8, 4) is 0 Å². The molecule has 0 radical (unpaired) electrons. The molecule has 4 nitrogen and oxygen atoms in total. The van der Waals surface area contributed by atoms with Crippen molar-refractivity contribution in [2.24, 2.45) is 0 Å². The van der Waals surface area contributed by atoms with E-state index in [1.54, 1.807) is 0 Å². The van der Waals surface area contributed by atoms with Gasteiger partial charge in [0.15, 0.2) is 0 Å². The van der Waals surface area contributed by atoms with Crippen LogP contribution >= 0.6 is 0 Å². The highest BCUT2D eigenvalue weighted by molar-refractivity contribution is 5.87. The minimum Gasteiger partial charge on any atom is -0.394 e. The van der Waals surface area contributed by atoms with Crippen LogP contribution in [-0.2, 0) is 17.6 Å². The molecule has 104 valence electrons. The standard InChI is InChI=1S/C15H22N2O2/c1-3-11-6-5-7-12(4-2)14(11)17-9-8-16-15(19)13(17)10-18/h5-7,13,18H,3-4,8-10H2,1-2H3,(H,16,19). The van der Waals surface area contributed by atoms with Crippen LogP contribution in [0.25, 0.3) is 0 Å². The SMILES string of the molecule is CCc1cccc(CC)c1N1CCNC(=O)C1CO. The first kappa shape index (κ1) is 13.9. The molecule has 0 saturated carbocycles. The van der Waals surface area contributed by atoms with E-state index >= 15 is 0 Å². The highest BCUT2D eigenvalue weighted by atomic mass is 16.3. The zero-order chi connectivity index (χ0) is 13.8. The number of rotatable bonds is 4. The molecule has 4 heteroatoms. The van der Waals surface area contributed by atoms with Crippen molar-refractivity contribution in [1.82, 2.24) is 5.32 Å². The van der Waals surface area contributed by atoms with Gasteiger partial charge in [-0.15, -0.1) is 0 Å². The Labute approximate surface area is 114 Å². The van der Waals surface area contributed by atoms with Crippen LogP contribution in [0, 0.1) is 0 Å². The van der Waals surface area contributed by atoms with Crippen molar-refractivity contribution in [2.45, 2.75) is 32.7 Å². The van der Waals surface area contributed by atoms with E-state index in [4.69, 9.17) is 0 Å². The topological polar surface area (TPSA) is 52.6 Å². The van der Waals surface area contributed by atoms with Gasteiger partial charge in [0.25, 0.3) is 0 Å². The molecule has 1 aliphatic rings. The maximum Gasteiger partial charge on any atom is 0.245 e. The summed E-state index contributed by atoms with van der Waals surface area (Å²) in [7, 11) is 0. The molecule has 1 aromatic rings. The predicted molar refractivity (Wildman–Crippen MR) is 76.4 cm³/mol. The van der Waals surface area contributed by atoms with Gasteiger partial charge in [-0.05, 0) is 24.0 Å². The second-order valence-electron chi connectivity index (χ2n) is 4.81. The molecule has 1 heterocycles.